The normalized spacial score (nSPS) is 12.2. The topological polar surface area (TPSA) is 127 Å². The largest absolute Gasteiger partial charge is 0.360 e. The van der Waals surface area contributed by atoms with Crippen molar-refractivity contribution in [3.05, 3.63) is 108 Å². The van der Waals surface area contributed by atoms with E-state index in [9.17, 15) is 19.2 Å². The molecular formula is C35H42N6O4. The predicted octanol–water partition coefficient (Wildman–Crippen LogP) is 4.09. The zero-order valence-corrected chi connectivity index (χ0v) is 26.1. The van der Waals surface area contributed by atoms with Gasteiger partial charge in [-0.05, 0) is 36.5 Å². The fourth-order valence-electron chi connectivity index (χ4n) is 5.11. The zero-order chi connectivity index (χ0) is 32.2. The van der Waals surface area contributed by atoms with Gasteiger partial charge in [0.05, 0.1) is 5.56 Å². The maximum Gasteiger partial charge on any atom is 0.316 e. The van der Waals surface area contributed by atoms with Gasteiger partial charge in [-0.2, -0.15) is 0 Å². The third-order valence-electron chi connectivity index (χ3n) is 7.59. The molecule has 1 heterocycles. The summed E-state index contributed by atoms with van der Waals surface area (Å²) >= 11 is 0. The van der Waals surface area contributed by atoms with Crippen molar-refractivity contribution in [3.8, 4) is 0 Å². The van der Waals surface area contributed by atoms with Crippen molar-refractivity contribution < 1.29 is 19.2 Å². The highest BCUT2D eigenvalue weighted by molar-refractivity contribution is 6.08. The number of aromatic nitrogens is 1. The minimum absolute atomic E-state index is 0.196. The van der Waals surface area contributed by atoms with Gasteiger partial charge in [0.25, 0.3) is 5.91 Å². The van der Waals surface area contributed by atoms with Crippen LogP contribution in [0.15, 0.2) is 91.1 Å². The monoisotopic (exact) mass is 610 g/mol. The summed E-state index contributed by atoms with van der Waals surface area (Å²) in [7, 11) is 5.05. The number of amides is 5. The molecule has 10 heteroatoms. The van der Waals surface area contributed by atoms with Gasteiger partial charge < -0.3 is 30.7 Å². The van der Waals surface area contributed by atoms with Gasteiger partial charge >= 0.3 is 6.03 Å². The standard InChI is InChI=1S/C35H42N6O4/c1-40(2)35(45)36-21-13-12-20-30(38-32(42)28-23-37-29-19-11-10-18-27(28)29)33(43)39-31(22-25-14-6-4-7-15-25)34(44)41(3)24-26-16-8-5-9-17-26/h4-11,14-19,23,30-31,37H,12-13,20-22,24H2,1-3H3,(H,36,45)(H,38,42)(H,39,43)/t30?,31-/m1/s1. The van der Waals surface area contributed by atoms with Gasteiger partial charge in [0.2, 0.25) is 11.8 Å². The van der Waals surface area contributed by atoms with Gasteiger partial charge in [0.15, 0.2) is 0 Å². The van der Waals surface area contributed by atoms with Crippen LogP contribution in [0.5, 0.6) is 0 Å². The number of para-hydroxylation sites is 1. The summed E-state index contributed by atoms with van der Waals surface area (Å²) in [5, 5.41) is 9.45. The second-order valence-corrected chi connectivity index (χ2v) is 11.3. The van der Waals surface area contributed by atoms with Crippen LogP contribution >= 0.6 is 0 Å². The van der Waals surface area contributed by atoms with Crippen molar-refractivity contribution in [2.75, 3.05) is 27.7 Å². The first-order chi connectivity index (χ1) is 21.7. The van der Waals surface area contributed by atoms with Crippen LogP contribution in [0.1, 0.15) is 40.7 Å². The molecule has 0 aliphatic heterocycles. The molecule has 2 atom stereocenters. The second kappa shape index (κ2) is 16.1. The number of carbonyl (C=O) groups is 4. The molecular weight excluding hydrogens is 568 g/mol. The molecule has 0 saturated carbocycles. The van der Waals surface area contributed by atoms with Gasteiger partial charge in [-0.3, -0.25) is 14.4 Å². The highest BCUT2D eigenvalue weighted by Gasteiger charge is 2.29. The minimum Gasteiger partial charge on any atom is -0.360 e. The number of benzene rings is 3. The van der Waals surface area contributed by atoms with Gasteiger partial charge in [0.1, 0.15) is 12.1 Å². The van der Waals surface area contributed by atoms with Crippen LogP contribution in [0.25, 0.3) is 10.9 Å². The van der Waals surface area contributed by atoms with E-state index in [1.54, 1.807) is 32.2 Å². The van der Waals surface area contributed by atoms with E-state index in [2.05, 4.69) is 20.9 Å². The van der Waals surface area contributed by atoms with Crippen LogP contribution in [0.4, 0.5) is 4.79 Å². The zero-order valence-electron chi connectivity index (χ0n) is 26.1. The molecule has 0 spiro atoms. The third-order valence-corrected chi connectivity index (χ3v) is 7.59. The Labute approximate surface area is 264 Å². The Morgan fingerprint density at radius 2 is 1.40 bits per heavy atom. The third kappa shape index (κ3) is 9.43. The molecule has 0 aliphatic rings. The number of unbranched alkanes of at least 4 members (excludes halogenated alkanes) is 1. The highest BCUT2D eigenvalue weighted by Crippen LogP contribution is 2.18. The van der Waals surface area contributed by atoms with Crippen LogP contribution in [-0.2, 0) is 22.6 Å². The number of likely N-dealkylation sites (N-methyl/N-ethyl adjacent to an activating group) is 1. The van der Waals surface area contributed by atoms with Crippen molar-refractivity contribution in [2.45, 2.75) is 44.3 Å². The number of fused-ring (bicyclic) bond motifs is 1. The molecule has 0 saturated heterocycles. The fourth-order valence-corrected chi connectivity index (χ4v) is 5.11. The Kier molecular flexibility index (Phi) is 11.7. The first-order valence-corrected chi connectivity index (χ1v) is 15.2. The number of rotatable bonds is 14. The molecule has 45 heavy (non-hydrogen) atoms. The van der Waals surface area contributed by atoms with Crippen LogP contribution < -0.4 is 16.0 Å². The van der Waals surface area contributed by atoms with E-state index in [1.165, 1.54) is 4.90 Å². The van der Waals surface area contributed by atoms with E-state index in [0.717, 1.165) is 22.0 Å². The summed E-state index contributed by atoms with van der Waals surface area (Å²) in [5.41, 5.74) is 3.13. The summed E-state index contributed by atoms with van der Waals surface area (Å²) in [6.45, 7) is 0.821. The Balaban J connectivity index is 1.51. The van der Waals surface area contributed by atoms with Gasteiger partial charge in [-0.1, -0.05) is 78.9 Å². The van der Waals surface area contributed by atoms with E-state index >= 15 is 0 Å². The van der Waals surface area contributed by atoms with Gasteiger partial charge in [-0.25, -0.2) is 4.79 Å². The van der Waals surface area contributed by atoms with E-state index in [0.29, 0.717) is 44.3 Å². The maximum atomic E-state index is 13.9. The second-order valence-electron chi connectivity index (χ2n) is 11.3. The summed E-state index contributed by atoms with van der Waals surface area (Å²) < 4.78 is 0. The number of H-pyrrole nitrogens is 1. The lowest BCUT2D eigenvalue weighted by Gasteiger charge is -2.27. The Bertz CT molecular complexity index is 1570. The van der Waals surface area contributed by atoms with Crippen molar-refractivity contribution in [1.82, 2.24) is 30.7 Å². The first-order valence-electron chi connectivity index (χ1n) is 15.2. The number of nitrogens with zero attached hydrogens (tertiary/aromatic N) is 2. The molecule has 5 amide bonds. The summed E-state index contributed by atoms with van der Waals surface area (Å²) in [6.07, 6.45) is 3.42. The van der Waals surface area contributed by atoms with Gasteiger partial charge in [-0.15, -0.1) is 0 Å². The van der Waals surface area contributed by atoms with Crippen molar-refractivity contribution in [3.63, 3.8) is 0 Å². The molecule has 1 aromatic heterocycles. The van der Waals surface area contributed by atoms with Crippen LogP contribution in [0.2, 0.25) is 0 Å². The Hall–Kier alpha value is -5.12. The number of urea groups is 1. The van der Waals surface area contributed by atoms with Gasteiger partial charge in [0, 0.05) is 57.8 Å². The SMILES string of the molecule is CN(C)C(=O)NCCCCC(NC(=O)c1c[nH]c2ccccc12)C(=O)N[C@H](Cc1ccccc1)C(=O)N(C)Cc1ccccc1. The molecule has 0 radical (unpaired) electrons. The smallest absolute Gasteiger partial charge is 0.316 e. The quantitative estimate of drug-likeness (QED) is 0.161. The molecule has 10 nitrogen and oxygen atoms in total. The van der Waals surface area contributed by atoms with E-state index in [1.807, 2.05) is 84.9 Å². The molecule has 4 aromatic rings. The minimum atomic E-state index is -0.902. The first kappa shape index (κ1) is 32.8. The van der Waals surface area contributed by atoms with Crippen LogP contribution in [0.3, 0.4) is 0 Å². The maximum absolute atomic E-state index is 13.9. The average molecular weight is 611 g/mol. The molecule has 236 valence electrons. The number of hydrogen-bond acceptors (Lipinski definition) is 4. The van der Waals surface area contributed by atoms with Crippen LogP contribution in [0, 0.1) is 0 Å². The number of aromatic amines is 1. The molecule has 4 N–H and O–H groups in total. The summed E-state index contributed by atoms with van der Waals surface area (Å²) in [5.74, 6) is -1.06. The summed E-state index contributed by atoms with van der Waals surface area (Å²) in [4.78, 5) is 59.2. The molecule has 1 unspecified atom stereocenters. The predicted molar refractivity (Wildman–Crippen MR) is 175 cm³/mol. The van der Waals surface area contributed by atoms with E-state index < -0.39 is 18.0 Å². The summed E-state index contributed by atoms with van der Waals surface area (Å²) in [6, 6.07) is 24.7. The van der Waals surface area contributed by atoms with Crippen molar-refractivity contribution in [2.24, 2.45) is 0 Å². The lowest BCUT2D eigenvalue weighted by molar-refractivity contribution is -0.136. The van der Waals surface area contributed by atoms with Crippen LogP contribution in [-0.4, -0.2) is 78.3 Å². The molecule has 0 fully saturated rings. The Morgan fingerprint density at radius 1 is 0.756 bits per heavy atom. The highest BCUT2D eigenvalue weighted by atomic mass is 16.2. The lowest BCUT2D eigenvalue weighted by Crippen LogP contribution is -2.54. The van der Waals surface area contributed by atoms with Crippen molar-refractivity contribution in [1.29, 1.82) is 0 Å². The van der Waals surface area contributed by atoms with E-state index in [4.69, 9.17) is 0 Å². The average Bonchev–Trinajstić information content (AvgIpc) is 3.48. The Morgan fingerprint density at radius 3 is 2.09 bits per heavy atom. The lowest BCUT2D eigenvalue weighted by atomic mass is 10.0. The molecule has 0 aliphatic carbocycles. The van der Waals surface area contributed by atoms with E-state index in [-0.39, 0.29) is 17.8 Å². The van der Waals surface area contributed by atoms with Crippen molar-refractivity contribution >= 4 is 34.7 Å². The number of nitrogens with one attached hydrogen (secondary N) is 4. The molecule has 4 rings (SSSR count). The molecule has 0 bridgehead atoms. The fraction of sp³-hybridized carbons (Fsp3) is 0.314. The number of hydrogen-bond donors (Lipinski definition) is 4. The number of carbonyl (C=O) groups excluding carboxylic acids is 4. The molecule has 3 aromatic carbocycles.